The summed E-state index contributed by atoms with van der Waals surface area (Å²) in [7, 11) is 0. The highest BCUT2D eigenvalue weighted by atomic mass is 79.9. The van der Waals surface area contributed by atoms with Crippen LogP contribution in [0.2, 0.25) is 5.02 Å². The predicted molar refractivity (Wildman–Crippen MR) is 80.5 cm³/mol. The van der Waals surface area contributed by atoms with Crippen LogP contribution >= 0.6 is 27.5 Å². The summed E-state index contributed by atoms with van der Waals surface area (Å²) in [5.41, 5.74) is 0.222. The largest absolute Gasteiger partial charge is 0.349 e. The van der Waals surface area contributed by atoms with Gasteiger partial charge in [0.1, 0.15) is 5.82 Å². The summed E-state index contributed by atoms with van der Waals surface area (Å²) in [4.78, 5) is 12.1. The van der Waals surface area contributed by atoms with Gasteiger partial charge in [-0.2, -0.15) is 0 Å². The van der Waals surface area contributed by atoms with Gasteiger partial charge < -0.3 is 5.32 Å². The van der Waals surface area contributed by atoms with Crippen molar-refractivity contribution in [2.24, 2.45) is 5.41 Å². The number of halogens is 3. The molecular formula is C14H18BrClFNO. The first-order chi connectivity index (χ1) is 8.75. The first-order valence-electron chi connectivity index (χ1n) is 6.07. The SMILES string of the molecule is CC(C)(C)C(CCBr)NC(=O)c1ccc(Cl)c(F)c1. The van der Waals surface area contributed by atoms with Gasteiger partial charge in [0.2, 0.25) is 0 Å². The highest BCUT2D eigenvalue weighted by molar-refractivity contribution is 9.09. The molecule has 0 radical (unpaired) electrons. The van der Waals surface area contributed by atoms with E-state index >= 15 is 0 Å². The Bertz CT molecular complexity index is 459. The molecule has 0 aliphatic carbocycles. The van der Waals surface area contributed by atoms with E-state index in [-0.39, 0.29) is 28.0 Å². The Morgan fingerprint density at radius 3 is 2.58 bits per heavy atom. The van der Waals surface area contributed by atoms with Crippen LogP contribution < -0.4 is 5.32 Å². The number of carbonyl (C=O) groups is 1. The monoisotopic (exact) mass is 349 g/mol. The van der Waals surface area contributed by atoms with Crippen molar-refractivity contribution in [3.63, 3.8) is 0 Å². The Morgan fingerprint density at radius 2 is 2.11 bits per heavy atom. The van der Waals surface area contributed by atoms with Crippen LogP contribution in [-0.2, 0) is 0 Å². The smallest absolute Gasteiger partial charge is 0.251 e. The molecule has 1 unspecified atom stereocenters. The number of carbonyl (C=O) groups excluding carboxylic acids is 1. The minimum Gasteiger partial charge on any atom is -0.349 e. The number of hydrogen-bond donors (Lipinski definition) is 1. The van der Waals surface area contributed by atoms with Crippen LogP contribution in [0.5, 0.6) is 0 Å². The topological polar surface area (TPSA) is 29.1 Å². The molecule has 0 aromatic heterocycles. The number of hydrogen-bond acceptors (Lipinski definition) is 1. The molecule has 0 saturated heterocycles. The van der Waals surface area contributed by atoms with Crippen molar-refractivity contribution in [1.82, 2.24) is 5.32 Å². The lowest BCUT2D eigenvalue weighted by atomic mass is 9.85. The Kier molecular flexibility index (Phi) is 5.81. The van der Waals surface area contributed by atoms with Crippen molar-refractivity contribution in [1.29, 1.82) is 0 Å². The van der Waals surface area contributed by atoms with Crippen LogP contribution in [0.4, 0.5) is 4.39 Å². The third-order valence-electron chi connectivity index (χ3n) is 2.93. The maximum atomic E-state index is 13.3. The van der Waals surface area contributed by atoms with Gasteiger partial charge in [-0.25, -0.2) is 4.39 Å². The highest BCUT2D eigenvalue weighted by Gasteiger charge is 2.26. The highest BCUT2D eigenvalue weighted by Crippen LogP contribution is 2.23. The van der Waals surface area contributed by atoms with E-state index < -0.39 is 5.82 Å². The van der Waals surface area contributed by atoms with Crippen molar-refractivity contribution in [3.05, 3.63) is 34.6 Å². The number of alkyl halides is 1. The van der Waals surface area contributed by atoms with Gasteiger partial charge in [0, 0.05) is 16.9 Å². The number of amides is 1. The molecule has 0 saturated carbocycles. The van der Waals surface area contributed by atoms with Gasteiger partial charge in [0.25, 0.3) is 5.91 Å². The normalized spacial score (nSPS) is 13.2. The zero-order valence-electron chi connectivity index (χ0n) is 11.3. The lowest BCUT2D eigenvalue weighted by molar-refractivity contribution is 0.0900. The van der Waals surface area contributed by atoms with E-state index in [2.05, 4.69) is 42.0 Å². The molecule has 0 bridgehead atoms. The third-order valence-corrected chi connectivity index (χ3v) is 3.69. The second-order valence-corrected chi connectivity index (χ2v) is 6.70. The fourth-order valence-corrected chi connectivity index (χ4v) is 2.29. The zero-order chi connectivity index (χ0) is 14.6. The van der Waals surface area contributed by atoms with E-state index in [1.54, 1.807) is 0 Å². The summed E-state index contributed by atoms with van der Waals surface area (Å²) in [5, 5.41) is 3.76. The standard InChI is InChI=1S/C14H18BrClFNO/c1-14(2,3)12(6-7-15)18-13(19)9-4-5-10(16)11(17)8-9/h4-5,8,12H,6-7H2,1-3H3,(H,18,19). The van der Waals surface area contributed by atoms with E-state index in [1.165, 1.54) is 12.1 Å². The van der Waals surface area contributed by atoms with E-state index in [0.29, 0.717) is 0 Å². The molecule has 2 nitrogen and oxygen atoms in total. The van der Waals surface area contributed by atoms with Gasteiger partial charge in [-0.15, -0.1) is 0 Å². The van der Waals surface area contributed by atoms with Crippen LogP contribution in [0.1, 0.15) is 37.6 Å². The van der Waals surface area contributed by atoms with Gasteiger partial charge in [-0.1, -0.05) is 48.3 Å². The van der Waals surface area contributed by atoms with Gasteiger partial charge in [0.05, 0.1) is 5.02 Å². The predicted octanol–water partition coefficient (Wildman–Crippen LogP) is 4.41. The van der Waals surface area contributed by atoms with Crippen molar-refractivity contribution in [3.8, 4) is 0 Å². The molecule has 0 aliphatic rings. The summed E-state index contributed by atoms with van der Waals surface area (Å²) in [6, 6.07) is 4.08. The fourth-order valence-electron chi connectivity index (χ4n) is 1.71. The average Bonchev–Trinajstić information content (AvgIpc) is 2.30. The number of nitrogens with one attached hydrogen (secondary N) is 1. The van der Waals surface area contributed by atoms with Crippen LogP contribution in [0.25, 0.3) is 0 Å². The van der Waals surface area contributed by atoms with E-state index in [0.717, 1.165) is 17.8 Å². The van der Waals surface area contributed by atoms with E-state index in [4.69, 9.17) is 11.6 Å². The van der Waals surface area contributed by atoms with Crippen molar-refractivity contribution < 1.29 is 9.18 Å². The zero-order valence-corrected chi connectivity index (χ0v) is 13.6. The van der Waals surface area contributed by atoms with E-state index in [9.17, 15) is 9.18 Å². The second kappa shape index (κ2) is 6.71. The molecule has 0 spiro atoms. The van der Waals surface area contributed by atoms with Crippen molar-refractivity contribution >= 4 is 33.4 Å². The molecule has 0 fully saturated rings. The summed E-state index contributed by atoms with van der Waals surface area (Å²) in [6.07, 6.45) is 0.811. The van der Waals surface area contributed by atoms with Gasteiger partial charge >= 0.3 is 0 Å². The van der Waals surface area contributed by atoms with Crippen molar-refractivity contribution in [2.45, 2.75) is 33.2 Å². The van der Waals surface area contributed by atoms with Crippen LogP contribution in [-0.4, -0.2) is 17.3 Å². The Labute approximate surface area is 126 Å². The Balaban J connectivity index is 2.84. The molecule has 106 valence electrons. The Hall–Kier alpha value is -0.610. The molecule has 1 aromatic rings. The van der Waals surface area contributed by atoms with Crippen LogP contribution in [0.3, 0.4) is 0 Å². The van der Waals surface area contributed by atoms with Gasteiger partial charge in [-0.3, -0.25) is 4.79 Å². The number of rotatable bonds is 4. The molecule has 1 atom stereocenters. The maximum absolute atomic E-state index is 13.3. The lowest BCUT2D eigenvalue weighted by Crippen LogP contribution is -2.44. The molecule has 0 aliphatic heterocycles. The molecule has 1 aromatic carbocycles. The van der Waals surface area contributed by atoms with Gasteiger partial charge in [-0.05, 0) is 30.0 Å². The second-order valence-electron chi connectivity index (χ2n) is 5.50. The molecule has 0 heterocycles. The lowest BCUT2D eigenvalue weighted by Gasteiger charge is -2.31. The molecule has 19 heavy (non-hydrogen) atoms. The van der Waals surface area contributed by atoms with E-state index in [1.807, 2.05) is 0 Å². The van der Waals surface area contributed by atoms with Gasteiger partial charge in [0.15, 0.2) is 0 Å². The summed E-state index contributed by atoms with van der Waals surface area (Å²) >= 11 is 8.98. The first-order valence-corrected chi connectivity index (χ1v) is 7.57. The minimum absolute atomic E-state index is 0.0121. The fraction of sp³-hybridized carbons (Fsp3) is 0.500. The van der Waals surface area contributed by atoms with Crippen molar-refractivity contribution in [2.75, 3.05) is 5.33 Å². The molecule has 1 amide bonds. The minimum atomic E-state index is -0.581. The van der Waals surface area contributed by atoms with Crippen LogP contribution in [0, 0.1) is 11.2 Å². The molecular weight excluding hydrogens is 333 g/mol. The number of benzene rings is 1. The quantitative estimate of drug-likeness (QED) is 0.801. The van der Waals surface area contributed by atoms with Crippen LogP contribution in [0.15, 0.2) is 18.2 Å². The Morgan fingerprint density at radius 1 is 1.47 bits per heavy atom. The molecule has 5 heteroatoms. The third kappa shape index (κ3) is 4.77. The maximum Gasteiger partial charge on any atom is 0.251 e. The molecule has 1 N–H and O–H groups in total. The summed E-state index contributed by atoms with van der Waals surface area (Å²) in [6.45, 7) is 6.18. The summed E-state index contributed by atoms with van der Waals surface area (Å²) < 4.78 is 13.3. The first kappa shape index (κ1) is 16.4. The molecule has 1 rings (SSSR count). The average molecular weight is 351 g/mol. The summed E-state index contributed by atoms with van der Waals surface area (Å²) in [5.74, 6) is -0.862.